The minimum absolute atomic E-state index is 0.178. The number of aromatic nitrogens is 1. The van der Waals surface area contributed by atoms with Gasteiger partial charge in [0.1, 0.15) is 0 Å². The van der Waals surface area contributed by atoms with Crippen molar-refractivity contribution < 1.29 is 5.11 Å². The molecule has 2 rings (SSSR count). The largest absolute Gasteiger partial charge is 0.396 e. The quantitative estimate of drug-likeness (QED) is 0.920. The Bertz CT molecular complexity index is 462. The molecule has 0 aliphatic heterocycles. The highest BCUT2D eigenvalue weighted by atomic mass is 79.9. The normalized spacial score (nSPS) is 12.9. The standard InChI is InChI=1S/C11H12BrNOS2/c1-2-7(4-14)11-13-9(6-16-11)10-3-8(12)5-15-10/h3,5-7,14H,2,4H2,1H3. The van der Waals surface area contributed by atoms with Gasteiger partial charge in [0.2, 0.25) is 0 Å². The second-order valence-corrected chi connectivity index (χ2v) is 6.20. The maximum atomic E-state index is 9.23. The summed E-state index contributed by atoms with van der Waals surface area (Å²) in [6, 6.07) is 2.07. The van der Waals surface area contributed by atoms with E-state index in [1.807, 2.05) is 0 Å². The molecule has 0 bridgehead atoms. The molecule has 0 fully saturated rings. The molecule has 0 aromatic carbocycles. The van der Waals surface area contributed by atoms with Crippen LogP contribution >= 0.6 is 38.6 Å². The molecule has 2 heterocycles. The van der Waals surface area contributed by atoms with E-state index < -0.39 is 0 Å². The first kappa shape index (κ1) is 12.2. The molecule has 0 saturated carbocycles. The first-order chi connectivity index (χ1) is 7.74. The fraction of sp³-hybridized carbons (Fsp3) is 0.364. The molecular formula is C11H12BrNOS2. The highest BCUT2D eigenvalue weighted by molar-refractivity contribution is 9.10. The summed E-state index contributed by atoms with van der Waals surface area (Å²) in [7, 11) is 0. The molecule has 0 radical (unpaired) electrons. The summed E-state index contributed by atoms with van der Waals surface area (Å²) < 4.78 is 1.09. The van der Waals surface area contributed by atoms with Crippen LogP contribution in [0.15, 0.2) is 21.3 Å². The van der Waals surface area contributed by atoms with Gasteiger partial charge in [-0.05, 0) is 28.4 Å². The van der Waals surface area contributed by atoms with Crippen molar-refractivity contribution in [3.05, 3.63) is 26.3 Å². The Morgan fingerprint density at radius 1 is 1.44 bits per heavy atom. The average Bonchev–Trinajstić information content (AvgIpc) is 2.89. The summed E-state index contributed by atoms with van der Waals surface area (Å²) in [5.41, 5.74) is 1.02. The number of halogens is 1. The SMILES string of the molecule is CCC(CO)c1nc(-c2cc(Br)cs2)cs1. The number of rotatable bonds is 4. The zero-order valence-electron chi connectivity index (χ0n) is 8.81. The Labute approximate surface area is 111 Å². The summed E-state index contributed by atoms with van der Waals surface area (Å²) in [6.45, 7) is 2.25. The van der Waals surface area contributed by atoms with Gasteiger partial charge in [0.25, 0.3) is 0 Å². The van der Waals surface area contributed by atoms with Crippen molar-refractivity contribution in [1.82, 2.24) is 4.98 Å². The Kier molecular flexibility index (Phi) is 4.13. The predicted octanol–water partition coefficient (Wildman–Crippen LogP) is 4.12. The molecule has 86 valence electrons. The number of aliphatic hydroxyl groups is 1. The van der Waals surface area contributed by atoms with Crippen molar-refractivity contribution in [3.8, 4) is 10.6 Å². The second-order valence-electron chi connectivity index (χ2n) is 3.49. The lowest BCUT2D eigenvalue weighted by Crippen LogP contribution is -2.01. The van der Waals surface area contributed by atoms with E-state index in [0.29, 0.717) is 0 Å². The third-order valence-corrected chi connectivity index (χ3v) is 5.13. The summed E-state index contributed by atoms with van der Waals surface area (Å²) in [5.74, 6) is 0.183. The number of hydrogen-bond donors (Lipinski definition) is 1. The number of aliphatic hydroxyl groups excluding tert-OH is 1. The van der Waals surface area contributed by atoms with Crippen LogP contribution in [-0.4, -0.2) is 16.7 Å². The van der Waals surface area contributed by atoms with Crippen molar-refractivity contribution in [3.63, 3.8) is 0 Å². The summed E-state index contributed by atoms with van der Waals surface area (Å²) in [6.07, 6.45) is 0.928. The number of thiazole rings is 1. The maximum Gasteiger partial charge on any atom is 0.0986 e. The minimum Gasteiger partial charge on any atom is -0.396 e. The van der Waals surface area contributed by atoms with Crippen molar-refractivity contribution in [2.75, 3.05) is 6.61 Å². The molecule has 2 aromatic rings. The monoisotopic (exact) mass is 317 g/mol. The van der Waals surface area contributed by atoms with Crippen molar-refractivity contribution >= 4 is 38.6 Å². The molecule has 5 heteroatoms. The van der Waals surface area contributed by atoms with E-state index in [1.54, 1.807) is 22.7 Å². The number of thiophene rings is 1. The van der Waals surface area contributed by atoms with Gasteiger partial charge in [-0.25, -0.2) is 4.98 Å². The van der Waals surface area contributed by atoms with Crippen LogP contribution in [-0.2, 0) is 0 Å². The smallest absolute Gasteiger partial charge is 0.0986 e. The Morgan fingerprint density at radius 3 is 2.81 bits per heavy atom. The lowest BCUT2D eigenvalue weighted by molar-refractivity contribution is 0.262. The number of nitrogens with zero attached hydrogens (tertiary/aromatic N) is 1. The molecule has 0 saturated heterocycles. The fourth-order valence-electron chi connectivity index (χ4n) is 1.42. The van der Waals surface area contributed by atoms with Crippen LogP contribution in [0.25, 0.3) is 10.6 Å². The lowest BCUT2D eigenvalue weighted by Gasteiger charge is -2.06. The molecule has 0 aliphatic carbocycles. The Hall–Kier alpha value is -0.230. The predicted molar refractivity (Wildman–Crippen MR) is 73.2 cm³/mol. The van der Waals surface area contributed by atoms with Crippen LogP contribution < -0.4 is 0 Å². The van der Waals surface area contributed by atoms with E-state index in [-0.39, 0.29) is 12.5 Å². The van der Waals surface area contributed by atoms with Crippen LogP contribution in [0.3, 0.4) is 0 Å². The molecule has 16 heavy (non-hydrogen) atoms. The second kappa shape index (κ2) is 5.40. The molecule has 0 amide bonds. The van der Waals surface area contributed by atoms with Gasteiger partial charge in [-0.1, -0.05) is 6.92 Å². The summed E-state index contributed by atoms with van der Waals surface area (Å²) in [4.78, 5) is 5.75. The van der Waals surface area contributed by atoms with Gasteiger partial charge in [0, 0.05) is 21.2 Å². The molecule has 1 atom stereocenters. The van der Waals surface area contributed by atoms with E-state index in [9.17, 15) is 5.11 Å². The zero-order chi connectivity index (χ0) is 11.5. The zero-order valence-corrected chi connectivity index (χ0v) is 12.0. The summed E-state index contributed by atoms with van der Waals surface area (Å²) >= 11 is 6.75. The van der Waals surface area contributed by atoms with Gasteiger partial charge < -0.3 is 5.11 Å². The van der Waals surface area contributed by atoms with Gasteiger partial charge in [-0.3, -0.25) is 0 Å². The molecule has 1 N–H and O–H groups in total. The van der Waals surface area contributed by atoms with E-state index in [4.69, 9.17) is 0 Å². The molecule has 1 unspecified atom stereocenters. The van der Waals surface area contributed by atoms with E-state index in [2.05, 4.69) is 44.7 Å². The van der Waals surface area contributed by atoms with Crippen molar-refractivity contribution in [2.45, 2.75) is 19.3 Å². The maximum absolute atomic E-state index is 9.23. The van der Waals surface area contributed by atoms with Gasteiger partial charge in [0.05, 0.1) is 22.2 Å². The van der Waals surface area contributed by atoms with Crippen molar-refractivity contribution in [1.29, 1.82) is 0 Å². The minimum atomic E-state index is 0.178. The van der Waals surface area contributed by atoms with Crippen LogP contribution in [0.2, 0.25) is 0 Å². The Morgan fingerprint density at radius 2 is 2.25 bits per heavy atom. The van der Waals surface area contributed by atoms with Gasteiger partial charge in [0.15, 0.2) is 0 Å². The first-order valence-electron chi connectivity index (χ1n) is 5.05. The summed E-state index contributed by atoms with van der Waals surface area (Å²) in [5, 5.41) is 14.4. The van der Waals surface area contributed by atoms with Crippen LogP contribution in [0, 0.1) is 0 Å². The average molecular weight is 318 g/mol. The van der Waals surface area contributed by atoms with Crippen LogP contribution in [0.4, 0.5) is 0 Å². The molecule has 2 nitrogen and oxygen atoms in total. The third kappa shape index (κ3) is 2.53. The number of hydrogen-bond acceptors (Lipinski definition) is 4. The highest BCUT2D eigenvalue weighted by Gasteiger charge is 2.14. The molecular weight excluding hydrogens is 306 g/mol. The first-order valence-corrected chi connectivity index (χ1v) is 7.60. The van der Waals surface area contributed by atoms with Gasteiger partial charge in [-0.15, -0.1) is 22.7 Å². The van der Waals surface area contributed by atoms with Crippen LogP contribution in [0.1, 0.15) is 24.3 Å². The molecule has 2 aromatic heterocycles. The molecule has 0 aliphatic rings. The van der Waals surface area contributed by atoms with E-state index >= 15 is 0 Å². The third-order valence-electron chi connectivity index (χ3n) is 2.40. The van der Waals surface area contributed by atoms with Crippen molar-refractivity contribution in [2.24, 2.45) is 0 Å². The van der Waals surface area contributed by atoms with E-state index in [0.717, 1.165) is 21.6 Å². The van der Waals surface area contributed by atoms with Crippen LogP contribution in [0.5, 0.6) is 0 Å². The fourth-order valence-corrected chi connectivity index (χ4v) is 3.88. The van der Waals surface area contributed by atoms with E-state index in [1.165, 1.54) is 4.88 Å². The van der Waals surface area contributed by atoms with Gasteiger partial charge in [-0.2, -0.15) is 0 Å². The Balaban J connectivity index is 2.25. The lowest BCUT2D eigenvalue weighted by atomic mass is 10.1. The highest BCUT2D eigenvalue weighted by Crippen LogP contribution is 2.32. The van der Waals surface area contributed by atoms with Gasteiger partial charge >= 0.3 is 0 Å². The molecule has 0 spiro atoms. The topological polar surface area (TPSA) is 33.1 Å².